The van der Waals surface area contributed by atoms with Crippen LogP contribution in [-0.2, 0) is 16.0 Å². The number of piperidine rings is 1. The molecule has 0 aromatic carbocycles. The van der Waals surface area contributed by atoms with Crippen molar-refractivity contribution in [3.05, 3.63) is 41.9 Å². The van der Waals surface area contributed by atoms with Gasteiger partial charge in [-0.2, -0.15) is 5.10 Å². The molecule has 0 bridgehead atoms. The third-order valence-corrected chi connectivity index (χ3v) is 4.63. The van der Waals surface area contributed by atoms with Gasteiger partial charge in [0.25, 0.3) is 5.91 Å². The lowest BCUT2D eigenvalue weighted by Crippen LogP contribution is -2.43. The first-order valence-electron chi connectivity index (χ1n) is 9.09. The van der Waals surface area contributed by atoms with Gasteiger partial charge in [0, 0.05) is 19.3 Å². The van der Waals surface area contributed by atoms with Gasteiger partial charge in [-0.3, -0.25) is 9.59 Å². The molecule has 7 heteroatoms. The molecule has 7 nitrogen and oxygen atoms in total. The highest BCUT2D eigenvalue weighted by Crippen LogP contribution is 2.22. The first-order valence-corrected chi connectivity index (χ1v) is 9.09. The number of rotatable bonds is 5. The second-order valence-electron chi connectivity index (χ2n) is 6.30. The average Bonchev–Trinajstić information content (AvgIpc) is 3.12. The van der Waals surface area contributed by atoms with Crippen LogP contribution in [0.1, 0.15) is 42.7 Å². The topological polar surface area (TPSA) is 77.3 Å². The number of esters is 1. The summed E-state index contributed by atoms with van der Waals surface area (Å²) in [5.74, 6) is 0.137. The third-order valence-electron chi connectivity index (χ3n) is 4.63. The number of hydrogen-bond acceptors (Lipinski definition) is 5. The summed E-state index contributed by atoms with van der Waals surface area (Å²) in [4.78, 5) is 31.1. The first-order chi connectivity index (χ1) is 12.7. The Morgan fingerprint density at radius 1 is 1.31 bits per heavy atom. The number of pyridine rings is 1. The van der Waals surface area contributed by atoms with Crippen LogP contribution in [-0.4, -0.2) is 51.2 Å². The number of amides is 1. The van der Waals surface area contributed by atoms with Crippen LogP contribution in [0.4, 0.5) is 0 Å². The van der Waals surface area contributed by atoms with Crippen LogP contribution in [0.5, 0.6) is 0 Å². The fourth-order valence-electron chi connectivity index (χ4n) is 3.35. The minimum atomic E-state index is -0.247. The van der Waals surface area contributed by atoms with Crippen molar-refractivity contribution in [1.82, 2.24) is 19.7 Å². The molecule has 138 valence electrons. The number of hydrogen-bond donors (Lipinski definition) is 0. The van der Waals surface area contributed by atoms with Gasteiger partial charge >= 0.3 is 5.97 Å². The van der Waals surface area contributed by atoms with Gasteiger partial charge in [-0.25, -0.2) is 9.67 Å². The Balaban J connectivity index is 1.82. The maximum atomic E-state index is 13.1. The Kier molecular flexibility index (Phi) is 5.65. The molecule has 2 aromatic rings. The quantitative estimate of drug-likeness (QED) is 0.768. The van der Waals surface area contributed by atoms with Crippen molar-refractivity contribution in [1.29, 1.82) is 0 Å². The number of carbonyl (C=O) groups is 2. The van der Waals surface area contributed by atoms with E-state index in [1.807, 2.05) is 25.1 Å². The standard InChI is InChI=1S/C19H24N4O3/c1-3-16-15(12-21-23(16)17-9-5-6-10-20-17)18(24)22-11-7-8-14(13-22)19(25)26-4-2/h5-6,9-10,12,14H,3-4,7-8,11,13H2,1-2H3. The van der Waals surface area contributed by atoms with E-state index in [0.717, 1.165) is 18.5 Å². The maximum Gasteiger partial charge on any atom is 0.310 e. The molecule has 0 saturated carbocycles. The van der Waals surface area contributed by atoms with E-state index in [-0.39, 0.29) is 17.8 Å². The Hall–Kier alpha value is -2.70. The minimum Gasteiger partial charge on any atom is -0.466 e. The van der Waals surface area contributed by atoms with Crippen molar-refractivity contribution in [3.63, 3.8) is 0 Å². The second-order valence-corrected chi connectivity index (χ2v) is 6.30. The van der Waals surface area contributed by atoms with Crippen LogP contribution in [0.15, 0.2) is 30.6 Å². The average molecular weight is 356 g/mol. The Morgan fingerprint density at radius 2 is 2.15 bits per heavy atom. The molecule has 0 N–H and O–H groups in total. The molecular formula is C19H24N4O3. The van der Waals surface area contributed by atoms with Crippen molar-refractivity contribution >= 4 is 11.9 Å². The van der Waals surface area contributed by atoms with E-state index in [1.54, 1.807) is 28.9 Å². The van der Waals surface area contributed by atoms with Gasteiger partial charge in [0.05, 0.1) is 30.0 Å². The largest absolute Gasteiger partial charge is 0.466 e. The number of carbonyl (C=O) groups excluding carboxylic acids is 2. The highest BCUT2D eigenvalue weighted by Gasteiger charge is 2.31. The van der Waals surface area contributed by atoms with E-state index in [9.17, 15) is 9.59 Å². The van der Waals surface area contributed by atoms with Crippen LogP contribution >= 0.6 is 0 Å². The molecule has 1 unspecified atom stereocenters. The van der Waals surface area contributed by atoms with Gasteiger partial charge in [-0.05, 0) is 38.3 Å². The van der Waals surface area contributed by atoms with Gasteiger partial charge in [0.15, 0.2) is 5.82 Å². The molecule has 0 radical (unpaired) electrons. The van der Waals surface area contributed by atoms with E-state index in [0.29, 0.717) is 37.5 Å². The van der Waals surface area contributed by atoms with Crippen molar-refractivity contribution in [2.75, 3.05) is 19.7 Å². The Bertz CT molecular complexity index is 772. The van der Waals surface area contributed by atoms with Crippen molar-refractivity contribution in [3.8, 4) is 5.82 Å². The normalized spacial score (nSPS) is 17.2. The highest BCUT2D eigenvalue weighted by molar-refractivity contribution is 5.95. The summed E-state index contributed by atoms with van der Waals surface area (Å²) in [6.45, 7) is 5.19. The predicted octanol–water partition coefficient (Wildman–Crippen LogP) is 2.25. The summed E-state index contributed by atoms with van der Waals surface area (Å²) in [6, 6.07) is 5.59. The fourth-order valence-corrected chi connectivity index (χ4v) is 3.35. The van der Waals surface area contributed by atoms with Crippen LogP contribution in [0.2, 0.25) is 0 Å². The molecule has 3 heterocycles. The van der Waals surface area contributed by atoms with E-state index in [2.05, 4.69) is 10.1 Å². The Labute approximate surface area is 153 Å². The van der Waals surface area contributed by atoms with Crippen molar-refractivity contribution < 1.29 is 14.3 Å². The number of nitrogens with zero attached hydrogens (tertiary/aromatic N) is 4. The monoisotopic (exact) mass is 356 g/mol. The highest BCUT2D eigenvalue weighted by atomic mass is 16.5. The molecule has 1 saturated heterocycles. The van der Waals surface area contributed by atoms with Gasteiger partial charge in [0.1, 0.15) is 0 Å². The summed E-state index contributed by atoms with van der Waals surface area (Å²) in [5.41, 5.74) is 1.40. The van der Waals surface area contributed by atoms with Gasteiger partial charge in [0.2, 0.25) is 0 Å². The summed E-state index contributed by atoms with van der Waals surface area (Å²) in [5, 5.41) is 4.37. The minimum absolute atomic E-state index is 0.0852. The predicted molar refractivity (Wildman–Crippen MR) is 96.0 cm³/mol. The van der Waals surface area contributed by atoms with E-state index >= 15 is 0 Å². The van der Waals surface area contributed by atoms with Gasteiger partial charge in [-0.15, -0.1) is 0 Å². The van der Waals surface area contributed by atoms with Crippen molar-refractivity contribution in [2.45, 2.75) is 33.1 Å². The van der Waals surface area contributed by atoms with Gasteiger partial charge < -0.3 is 9.64 Å². The van der Waals surface area contributed by atoms with E-state index in [1.165, 1.54) is 0 Å². The number of ether oxygens (including phenoxy) is 1. The molecular weight excluding hydrogens is 332 g/mol. The molecule has 1 amide bonds. The molecule has 1 aliphatic heterocycles. The van der Waals surface area contributed by atoms with E-state index in [4.69, 9.17) is 4.74 Å². The summed E-state index contributed by atoms with van der Waals surface area (Å²) < 4.78 is 6.83. The number of likely N-dealkylation sites (tertiary alicyclic amines) is 1. The Morgan fingerprint density at radius 3 is 2.85 bits per heavy atom. The third kappa shape index (κ3) is 3.61. The molecule has 1 fully saturated rings. The number of aromatic nitrogens is 3. The molecule has 3 rings (SSSR count). The van der Waals surface area contributed by atoms with Crippen molar-refractivity contribution in [2.24, 2.45) is 5.92 Å². The SMILES string of the molecule is CCOC(=O)C1CCCN(C(=O)c2cnn(-c3ccccn3)c2CC)C1. The zero-order valence-corrected chi connectivity index (χ0v) is 15.2. The molecule has 2 aromatic heterocycles. The van der Waals surface area contributed by atoms with Crippen LogP contribution < -0.4 is 0 Å². The zero-order valence-electron chi connectivity index (χ0n) is 15.2. The molecule has 1 aliphatic rings. The van der Waals surface area contributed by atoms with Crippen LogP contribution in [0, 0.1) is 5.92 Å². The molecule has 0 aliphatic carbocycles. The fraction of sp³-hybridized carbons (Fsp3) is 0.474. The molecule has 26 heavy (non-hydrogen) atoms. The van der Waals surface area contributed by atoms with Crippen LogP contribution in [0.3, 0.4) is 0 Å². The summed E-state index contributed by atoms with van der Waals surface area (Å²) in [6.07, 6.45) is 5.52. The lowest BCUT2D eigenvalue weighted by atomic mass is 9.97. The molecule has 0 spiro atoms. The smallest absolute Gasteiger partial charge is 0.310 e. The summed E-state index contributed by atoms with van der Waals surface area (Å²) >= 11 is 0. The zero-order chi connectivity index (χ0) is 18.5. The van der Waals surface area contributed by atoms with Crippen LogP contribution in [0.25, 0.3) is 5.82 Å². The summed E-state index contributed by atoms with van der Waals surface area (Å²) in [7, 11) is 0. The first kappa shape index (κ1) is 18.1. The second kappa shape index (κ2) is 8.12. The lowest BCUT2D eigenvalue weighted by molar-refractivity contribution is -0.149. The van der Waals surface area contributed by atoms with Gasteiger partial charge in [-0.1, -0.05) is 13.0 Å². The maximum absolute atomic E-state index is 13.1. The molecule has 1 atom stereocenters. The lowest BCUT2D eigenvalue weighted by Gasteiger charge is -2.31. The van der Waals surface area contributed by atoms with E-state index < -0.39 is 0 Å².